The summed E-state index contributed by atoms with van der Waals surface area (Å²) in [4.78, 5) is 12.7. The maximum Gasteiger partial charge on any atom is 0.232 e. The Kier molecular flexibility index (Phi) is 9.37. The summed E-state index contributed by atoms with van der Waals surface area (Å²) in [6, 6.07) is 25.6. The molecule has 0 aliphatic heterocycles. The van der Waals surface area contributed by atoms with E-state index in [1.54, 1.807) is 42.7 Å². The Balaban J connectivity index is 1.25. The van der Waals surface area contributed by atoms with Gasteiger partial charge in [-0.15, -0.1) is 0 Å². The molecule has 2 N–H and O–H groups in total. The molecule has 0 unspecified atom stereocenters. The highest BCUT2D eigenvalue weighted by Gasteiger charge is 2.22. The van der Waals surface area contributed by atoms with E-state index in [1.165, 1.54) is 10.6 Å². The van der Waals surface area contributed by atoms with Crippen LogP contribution in [0.2, 0.25) is 0 Å². The highest BCUT2D eigenvalue weighted by atomic mass is 32.2. The van der Waals surface area contributed by atoms with E-state index in [2.05, 4.69) is 33.5 Å². The average molecular weight is 704 g/mol. The predicted molar refractivity (Wildman–Crippen MR) is 201 cm³/mol. The van der Waals surface area contributed by atoms with Gasteiger partial charge in [-0.2, -0.15) is 0 Å². The van der Waals surface area contributed by atoms with Gasteiger partial charge in [-0.05, 0) is 83.1 Å². The molecular weight excluding hydrogens is 667 g/mol. The third-order valence-corrected chi connectivity index (χ3v) is 11.8. The van der Waals surface area contributed by atoms with Crippen molar-refractivity contribution in [1.29, 1.82) is 0 Å². The number of anilines is 1. The third-order valence-electron chi connectivity index (χ3n) is 8.89. The number of aromatic nitrogens is 3. The molecular formula is C39H37N5O4S2. The number of fused-ring (bicyclic) bond motifs is 3. The Hall–Kier alpha value is -5.10. The van der Waals surface area contributed by atoms with Crippen LogP contribution in [0.5, 0.6) is 0 Å². The van der Waals surface area contributed by atoms with Crippen LogP contribution in [0.4, 0.5) is 5.69 Å². The summed E-state index contributed by atoms with van der Waals surface area (Å²) in [6.45, 7) is 1.32. The summed E-state index contributed by atoms with van der Waals surface area (Å²) in [5, 5.41) is 5.14. The van der Waals surface area contributed by atoms with Gasteiger partial charge in [0.1, 0.15) is 5.65 Å². The molecule has 7 rings (SSSR count). The topological polar surface area (TPSA) is 125 Å². The largest absolute Gasteiger partial charge is 0.339 e. The highest BCUT2D eigenvalue weighted by Crippen LogP contribution is 2.41. The van der Waals surface area contributed by atoms with Crippen LogP contribution < -0.4 is 9.62 Å². The van der Waals surface area contributed by atoms with Crippen molar-refractivity contribution in [2.45, 2.75) is 30.0 Å². The monoisotopic (exact) mass is 703 g/mol. The van der Waals surface area contributed by atoms with Crippen LogP contribution in [0.25, 0.3) is 38.6 Å². The predicted octanol–water partition coefficient (Wildman–Crippen LogP) is 7.04. The lowest BCUT2D eigenvalue weighted by Crippen LogP contribution is -2.36. The molecule has 3 aromatic heterocycles. The first-order chi connectivity index (χ1) is 24.2. The van der Waals surface area contributed by atoms with Gasteiger partial charge in [0.15, 0.2) is 9.84 Å². The first-order valence-corrected chi connectivity index (χ1v) is 19.9. The molecule has 0 amide bonds. The van der Waals surface area contributed by atoms with Gasteiger partial charge < -0.3 is 10.3 Å². The number of sulfone groups is 1. The lowest BCUT2D eigenvalue weighted by molar-refractivity contribution is 0.592. The molecule has 3 heterocycles. The second-order valence-electron chi connectivity index (χ2n) is 12.4. The van der Waals surface area contributed by atoms with Crippen LogP contribution in [0.3, 0.4) is 0 Å². The Morgan fingerprint density at radius 1 is 0.900 bits per heavy atom. The minimum absolute atomic E-state index is 0.120. The number of sulfonamides is 1. The van der Waals surface area contributed by atoms with Crippen LogP contribution in [-0.2, 0) is 32.2 Å². The van der Waals surface area contributed by atoms with E-state index < -0.39 is 19.9 Å². The number of aromatic amines is 1. The van der Waals surface area contributed by atoms with Crippen LogP contribution in [0.15, 0.2) is 127 Å². The molecule has 1 aliphatic rings. The number of nitrogens with one attached hydrogen (secondary N) is 2. The van der Waals surface area contributed by atoms with Gasteiger partial charge in [0.2, 0.25) is 10.0 Å². The van der Waals surface area contributed by atoms with E-state index in [4.69, 9.17) is 4.98 Å². The van der Waals surface area contributed by atoms with E-state index in [-0.39, 0.29) is 12.3 Å². The lowest BCUT2D eigenvalue weighted by Gasteiger charge is -2.23. The Labute approximate surface area is 292 Å². The van der Waals surface area contributed by atoms with Crippen molar-refractivity contribution < 1.29 is 16.8 Å². The first-order valence-electron chi connectivity index (χ1n) is 16.4. The molecule has 254 valence electrons. The summed E-state index contributed by atoms with van der Waals surface area (Å²) < 4.78 is 53.7. The molecule has 0 spiro atoms. The minimum atomic E-state index is -3.54. The molecule has 0 atom stereocenters. The summed E-state index contributed by atoms with van der Waals surface area (Å²) >= 11 is 0. The van der Waals surface area contributed by atoms with Gasteiger partial charge >= 0.3 is 0 Å². The molecule has 6 aromatic rings. The molecule has 0 saturated heterocycles. The Morgan fingerprint density at radius 3 is 2.44 bits per heavy atom. The molecule has 1 aliphatic carbocycles. The molecule has 0 radical (unpaired) electrons. The number of H-pyrrole nitrogens is 1. The third kappa shape index (κ3) is 7.11. The van der Waals surface area contributed by atoms with Gasteiger partial charge in [0.05, 0.1) is 22.6 Å². The summed E-state index contributed by atoms with van der Waals surface area (Å²) in [6.07, 6.45) is 14.7. The number of nitrogens with zero attached hydrogens (tertiary/aromatic N) is 3. The van der Waals surface area contributed by atoms with Crippen LogP contribution in [-0.4, -0.2) is 51.1 Å². The smallest absolute Gasteiger partial charge is 0.232 e. The second-order valence-corrected chi connectivity index (χ2v) is 16.3. The summed E-state index contributed by atoms with van der Waals surface area (Å²) in [7, 11) is -7.08. The van der Waals surface area contributed by atoms with Crippen molar-refractivity contribution in [1.82, 2.24) is 20.3 Å². The first kappa shape index (κ1) is 33.4. The number of rotatable bonds is 12. The molecule has 0 saturated carbocycles. The Morgan fingerprint density at radius 2 is 1.72 bits per heavy atom. The van der Waals surface area contributed by atoms with Crippen molar-refractivity contribution in [3.8, 4) is 11.1 Å². The van der Waals surface area contributed by atoms with Gasteiger partial charge in [-0.1, -0.05) is 60.7 Å². The number of hydrogen-bond acceptors (Lipinski definition) is 7. The highest BCUT2D eigenvalue weighted by molar-refractivity contribution is 7.92. The van der Waals surface area contributed by atoms with Crippen molar-refractivity contribution in [3.63, 3.8) is 0 Å². The van der Waals surface area contributed by atoms with Crippen molar-refractivity contribution in [3.05, 3.63) is 138 Å². The average Bonchev–Trinajstić information content (AvgIpc) is 3.50. The molecule has 9 nitrogen and oxygen atoms in total. The van der Waals surface area contributed by atoms with Crippen LogP contribution in [0.1, 0.15) is 29.5 Å². The van der Waals surface area contributed by atoms with Crippen LogP contribution in [0, 0.1) is 0 Å². The van der Waals surface area contributed by atoms with Gasteiger partial charge in [0.25, 0.3) is 0 Å². The lowest BCUT2D eigenvalue weighted by atomic mass is 9.88. The molecule has 0 bridgehead atoms. The SMILES string of the molecule is CS(=O)(=O)N(CCNCc1cccnc1)c1ccc(-c2cnc3[nH]c4ccc(CS(=O)(=O)c5ccccc5)cc4c3c2C2=CC=CCC2)cc1. The van der Waals surface area contributed by atoms with Gasteiger partial charge in [0, 0.05) is 60.1 Å². The molecule has 0 fully saturated rings. The maximum atomic E-state index is 13.3. The van der Waals surface area contributed by atoms with Crippen LogP contribution >= 0.6 is 0 Å². The fourth-order valence-electron chi connectivity index (χ4n) is 6.50. The van der Waals surface area contributed by atoms with E-state index in [0.29, 0.717) is 29.2 Å². The zero-order chi connectivity index (χ0) is 34.7. The maximum absolute atomic E-state index is 13.3. The zero-order valence-corrected chi connectivity index (χ0v) is 29.2. The fourth-order valence-corrected chi connectivity index (χ4v) is 8.78. The van der Waals surface area contributed by atoms with E-state index in [0.717, 1.165) is 62.6 Å². The number of hydrogen-bond donors (Lipinski definition) is 2. The van der Waals surface area contributed by atoms with Gasteiger partial charge in [-0.3, -0.25) is 9.29 Å². The number of benzene rings is 3. The van der Waals surface area contributed by atoms with E-state index in [1.807, 2.05) is 60.8 Å². The van der Waals surface area contributed by atoms with E-state index >= 15 is 0 Å². The molecule has 3 aromatic carbocycles. The standard InChI is InChI=1S/C39H37N5O4S2/c1-49(45,46)44(22-21-41-25-29-9-8-20-40-24-29)32-17-15-30(16-18-32)35-26-42-39-38(37(35)31-10-4-2-5-11-31)34-23-28(14-19-36(34)43-39)27-50(47,48)33-12-6-3-7-13-33/h2-4,6-10,12-20,23-24,26,41H,5,11,21-22,25,27H2,1H3,(H,42,43). The number of pyridine rings is 2. The Bertz CT molecular complexity index is 2440. The van der Waals surface area contributed by atoms with Crippen molar-refractivity contribution in [2.24, 2.45) is 0 Å². The molecule has 11 heteroatoms. The minimum Gasteiger partial charge on any atom is -0.339 e. The zero-order valence-electron chi connectivity index (χ0n) is 27.6. The molecule has 50 heavy (non-hydrogen) atoms. The van der Waals surface area contributed by atoms with Gasteiger partial charge in [-0.25, -0.2) is 21.8 Å². The van der Waals surface area contributed by atoms with Crippen molar-refractivity contribution >= 4 is 53.1 Å². The van der Waals surface area contributed by atoms with Crippen molar-refractivity contribution in [2.75, 3.05) is 23.7 Å². The quantitative estimate of drug-likeness (QED) is 0.131. The summed E-state index contributed by atoms with van der Waals surface area (Å²) in [5.74, 6) is -0.120. The normalized spacial score (nSPS) is 13.5. The second kappa shape index (κ2) is 14.0. The van der Waals surface area contributed by atoms with E-state index in [9.17, 15) is 16.8 Å². The fraction of sp³-hybridized carbons (Fsp3) is 0.179. The summed E-state index contributed by atoms with van der Waals surface area (Å²) in [5.41, 5.74) is 7.87. The number of allylic oxidation sites excluding steroid dienone is 4.